The van der Waals surface area contributed by atoms with Crippen molar-refractivity contribution in [3.63, 3.8) is 0 Å². The quantitative estimate of drug-likeness (QED) is 0.507. The van der Waals surface area contributed by atoms with Crippen LogP contribution in [-0.4, -0.2) is 30.3 Å². The number of benzene rings is 1. The summed E-state index contributed by atoms with van der Waals surface area (Å²) in [6, 6.07) is 9.54. The predicted octanol–water partition coefficient (Wildman–Crippen LogP) is 2.87. The number of H-pyrrole nitrogens is 1. The number of carbonyl (C=O) groups excluding carboxylic acids is 1. The molecule has 3 aromatic heterocycles. The Morgan fingerprint density at radius 3 is 2.53 bits per heavy atom. The lowest BCUT2D eigenvalue weighted by Gasteiger charge is -2.08. The first-order valence-electron chi connectivity index (χ1n) is 9.15. The zero-order valence-corrected chi connectivity index (χ0v) is 16.7. The Labute approximate surface area is 177 Å². The lowest BCUT2D eigenvalue weighted by Crippen LogP contribution is -2.29. The van der Waals surface area contributed by atoms with Crippen LogP contribution >= 0.6 is 0 Å². The lowest BCUT2D eigenvalue weighted by atomic mass is 10.1. The maximum absolute atomic E-state index is 13.7. The summed E-state index contributed by atoms with van der Waals surface area (Å²) in [5.74, 6) is -1.02. The van der Waals surface area contributed by atoms with Crippen LogP contribution < -0.4 is 10.9 Å². The number of nitrogens with one attached hydrogen (secondary N) is 2. The van der Waals surface area contributed by atoms with Crippen LogP contribution in [0.2, 0.25) is 0 Å². The predicted molar refractivity (Wildman–Crippen MR) is 107 cm³/mol. The maximum atomic E-state index is 13.7. The molecule has 9 nitrogen and oxygen atoms in total. The molecule has 1 aromatic carbocycles. The summed E-state index contributed by atoms with van der Waals surface area (Å²) in [6.45, 7) is 1.38. The zero-order valence-electron chi connectivity index (χ0n) is 16.7. The fourth-order valence-electron chi connectivity index (χ4n) is 3.36. The van der Waals surface area contributed by atoms with Gasteiger partial charge in [-0.1, -0.05) is 30.3 Å². The molecule has 2 N–H and O–H groups in total. The Balaban J connectivity index is 1.92. The van der Waals surface area contributed by atoms with Crippen LogP contribution in [0.1, 0.15) is 27.3 Å². The van der Waals surface area contributed by atoms with E-state index in [1.807, 2.05) is 6.07 Å². The summed E-state index contributed by atoms with van der Waals surface area (Å²) in [5, 5.41) is 18.9. The first kappa shape index (κ1) is 20.9. The zero-order chi connectivity index (χ0) is 23.2. The van der Waals surface area contributed by atoms with Gasteiger partial charge in [-0.05, 0) is 12.5 Å². The first-order chi connectivity index (χ1) is 15.1. The topological polar surface area (TPSA) is 121 Å². The van der Waals surface area contributed by atoms with Gasteiger partial charge in [-0.2, -0.15) is 33.1 Å². The van der Waals surface area contributed by atoms with Crippen LogP contribution in [0.25, 0.3) is 16.8 Å². The van der Waals surface area contributed by atoms with Gasteiger partial charge in [0.15, 0.2) is 11.5 Å². The number of amides is 1. The summed E-state index contributed by atoms with van der Waals surface area (Å²) in [4.78, 5) is 28.5. The monoisotopic (exact) mass is 441 g/mol. The first-order valence-corrected chi connectivity index (χ1v) is 9.15. The van der Waals surface area contributed by atoms with E-state index in [-0.39, 0.29) is 33.8 Å². The number of anilines is 1. The molecule has 3 heterocycles. The Morgan fingerprint density at radius 1 is 1.22 bits per heavy atom. The normalized spacial score (nSPS) is 11.5. The molecule has 4 rings (SSSR count). The highest BCUT2D eigenvalue weighted by Crippen LogP contribution is 2.38. The van der Waals surface area contributed by atoms with E-state index in [2.05, 4.69) is 20.5 Å². The van der Waals surface area contributed by atoms with Crippen LogP contribution in [0.3, 0.4) is 0 Å². The highest BCUT2D eigenvalue weighted by atomic mass is 19.4. The second-order valence-electron chi connectivity index (χ2n) is 6.91. The van der Waals surface area contributed by atoms with Gasteiger partial charge in [0, 0.05) is 18.9 Å². The van der Waals surface area contributed by atoms with Crippen LogP contribution in [0.5, 0.6) is 0 Å². The summed E-state index contributed by atoms with van der Waals surface area (Å²) in [5.41, 5.74) is -2.97. The third kappa shape index (κ3) is 3.39. The van der Waals surface area contributed by atoms with Crippen molar-refractivity contribution in [2.24, 2.45) is 7.05 Å². The van der Waals surface area contributed by atoms with Gasteiger partial charge >= 0.3 is 6.18 Å². The number of aromatic amines is 1. The van der Waals surface area contributed by atoms with Crippen LogP contribution in [0.4, 0.5) is 19.0 Å². The number of fused-ring (bicyclic) bond motifs is 1. The third-order valence-corrected chi connectivity index (χ3v) is 4.71. The van der Waals surface area contributed by atoms with E-state index >= 15 is 0 Å². The van der Waals surface area contributed by atoms with Crippen LogP contribution in [0, 0.1) is 18.3 Å². The molecule has 12 heteroatoms. The summed E-state index contributed by atoms with van der Waals surface area (Å²) in [6.07, 6.45) is -3.48. The summed E-state index contributed by atoms with van der Waals surface area (Å²) < 4.78 is 43.0. The number of carbonyl (C=O) groups is 1. The van der Waals surface area contributed by atoms with E-state index in [1.165, 1.54) is 37.0 Å². The van der Waals surface area contributed by atoms with Crippen molar-refractivity contribution >= 4 is 17.4 Å². The molecule has 0 aliphatic carbocycles. The van der Waals surface area contributed by atoms with Gasteiger partial charge < -0.3 is 10.3 Å². The molecule has 0 saturated heterocycles. The lowest BCUT2D eigenvalue weighted by molar-refractivity contribution is -0.140. The van der Waals surface area contributed by atoms with Crippen molar-refractivity contribution in [1.29, 1.82) is 5.26 Å². The number of aryl methyl sites for hydroxylation is 2. The van der Waals surface area contributed by atoms with Crippen LogP contribution in [-0.2, 0) is 13.2 Å². The second kappa shape index (κ2) is 7.38. The molecule has 0 bridgehead atoms. The van der Waals surface area contributed by atoms with Gasteiger partial charge in [0.25, 0.3) is 11.5 Å². The molecule has 0 fully saturated rings. The number of halogens is 3. The molecule has 0 atom stereocenters. The van der Waals surface area contributed by atoms with E-state index in [1.54, 1.807) is 18.2 Å². The van der Waals surface area contributed by atoms with Crippen molar-refractivity contribution in [3.8, 4) is 17.2 Å². The van der Waals surface area contributed by atoms with Gasteiger partial charge in [-0.25, -0.2) is 0 Å². The molecular formula is C20H14F3N7O2. The summed E-state index contributed by atoms with van der Waals surface area (Å²) >= 11 is 0. The Morgan fingerprint density at radius 2 is 1.91 bits per heavy atom. The number of rotatable bonds is 3. The molecule has 0 radical (unpaired) electrons. The van der Waals surface area contributed by atoms with Gasteiger partial charge in [0.1, 0.15) is 22.8 Å². The molecular weight excluding hydrogens is 427 g/mol. The van der Waals surface area contributed by atoms with E-state index in [0.29, 0.717) is 4.52 Å². The number of alkyl halides is 3. The summed E-state index contributed by atoms with van der Waals surface area (Å²) in [7, 11) is 1.54. The highest BCUT2D eigenvalue weighted by molar-refractivity contribution is 6.05. The number of hydrogen-bond donors (Lipinski definition) is 2. The smallest absolute Gasteiger partial charge is 0.342 e. The second-order valence-corrected chi connectivity index (χ2v) is 6.91. The molecule has 162 valence electrons. The largest absolute Gasteiger partial charge is 0.435 e. The van der Waals surface area contributed by atoms with Gasteiger partial charge in [0.2, 0.25) is 0 Å². The number of hydrogen-bond acceptors (Lipinski definition) is 5. The van der Waals surface area contributed by atoms with Crippen molar-refractivity contribution in [1.82, 2.24) is 24.4 Å². The maximum Gasteiger partial charge on any atom is 0.435 e. The Hall–Kier alpha value is -4.40. The SMILES string of the molecule is Cc1[nH]c2c(-c3ccccc3)c(C(F)(F)F)nn2c(=O)c1C(=O)Nc1nn(C)cc1C#N. The van der Waals surface area contributed by atoms with E-state index < -0.39 is 28.9 Å². The number of aromatic nitrogens is 5. The standard InChI is InChI=1S/C20H14F3N7O2/c1-10-13(18(31)26-16-12(8-24)9-29(2)28-16)19(32)30-17(25-10)14(11-6-4-3-5-7-11)15(27-30)20(21,22)23/h3-7,9,25H,1-2H3,(H,26,28,31). The van der Waals surface area contributed by atoms with Gasteiger partial charge in [0.05, 0.1) is 5.56 Å². The van der Waals surface area contributed by atoms with Crippen molar-refractivity contribution < 1.29 is 18.0 Å². The number of nitrogens with zero attached hydrogens (tertiary/aromatic N) is 5. The van der Waals surface area contributed by atoms with E-state index in [9.17, 15) is 22.8 Å². The highest BCUT2D eigenvalue weighted by Gasteiger charge is 2.39. The molecule has 0 spiro atoms. The van der Waals surface area contributed by atoms with E-state index in [0.717, 1.165) is 0 Å². The molecule has 0 saturated carbocycles. The molecule has 1 amide bonds. The number of nitriles is 1. The third-order valence-electron chi connectivity index (χ3n) is 4.71. The molecule has 0 unspecified atom stereocenters. The van der Waals surface area contributed by atoms with Crippen molar-refractivity contribution in [3.05, 3.63) is 69.4 Å². The molecule has 4 aromatic rings. The van der Waals surface area contributed by atoms with Gasteiger partial charge in [-0.3, -0.25) is 14.3 Å². The van der Waals surface area contributed by atoms with Crippen molar-refractivity contribution in [2.45, 2.75) is 13.1 Å². The average molecular weight is 441 g/mol. The molecule has 32 heavy (non-hydrogen) atoms. The minimum Gasteiger partial charge on any atom is -0.342 e. The Kier molecular flexibility index (Phi) is 4.81. The van der Waals surface area contributed by atoms with Crippen LogP contribution in [0.15, 0.2) is 41.3 Å². The fourth-order valence-corrected chi connectivity index (χ4v) is 3.36. The molecule has 0 aliphatic rings. The fraction of sp³-hybridized carbons (Fsp3) is 0.150. The van der Waals surface area contributed by atoms with Gasteiger partial charge in [-0.15, -0.1) is 0 Å². The minimum atomic E-state index is -4.84. The van der Waals surface area contributed by atoms with E-state index in [4.69, 9.17) is 5.26 Å². The molecule has 0 aliphatic heterocycles. The average Bonchev–Trinajstić information content (AvgIpc) is 3.28. The Bertz CT molecular complexity index is 1460. The van der Waals surface area contributed by atoms with Crippen molar-refractivity contribution in [2.75, 3.05) is 5.32 Å². The minimum absolute atomic E-state index is 0.0280.